The van der Waals surface area contributed by atoms with Crippen LogP contribution in [0.15, 0.2) is 125 Å². The molecule has 0 aromatic heterocycles. The van der Waals surface area contributed by atoms with Gasteiger partial charge in [-0.2, -0.15) is 16.8 Å². The van der Waals surface area contributed by atoms with Crippen molar-refractivity contribution in [2.75, 3.05) is 10.6 Å². The lowest BCUT2D eigenvalue weighted by Gasteiger charge is -2.13. The van der Waals surface area contributed by atoms with E-state index in [1.54, 1.807) is 42.5 Å². The molecule has 0 saturated carbocycles. The van der Waals surface area contributed by atoms with E-state index < -0.39 is 26.3 Å². The lowest BCUT2D eigenvalue weighted by molar-refractivity contribution is 0.262. The highest BCUT2D eigenvalue weighted by Gasteiger charge is 2.21. The Labute approximate surface area is 237 Å². The molecule has 0 bridgehead atoms. The maximum atomic E-state index is 13.0. The van der Waals surface area contributed by atoms with Gasteiger partial charge in [0, 0.05) is 11.1 Å². The molecule has 0 saturated heterocycles. The number of urea groups is 1. The van der Waals surface area contributed by atoms with E-state index in [1.165, 1.54) is 54.6 Å². The third-order valence-corrected chi connectivity index (χ3v) is 8.54. The Bertz CT molecular complexity index is 1930. The first-order chi connectivity index (χ1) is 19.6. The lowest BCUT2D eigenvalue weighted by Crippen LogP contribution is -2.20. The van der Waals surface area contributed by atoms with E-state index in [0.29, 0.717) is 11.1 Å². The molecule has 0 atom stereocenters. The van der Waals surface area contributed by atoms with Gasteiger partial charge in [0.15, 0.2) is 5.75 Å². The Morgan fingerprint density at radius 2 is 1.29 bits per heavy atom. The van der Waals surface area contributed by atoms with Crippen LogP contribution in [-0.4, -0.2) is 22.9 Å². The third kappa shape index (κ3) is 6.48. The zero-order valence-corrected chi connectivity index (χ0v) is 23.3. The number of benzene rings is 5. The summed E-state index contributed by atoms with van der Waals surface area (Å²) < 4.78 is 62.0. The zero-order chi connectivity index (χ0) is 29.0. The predicted molar refractivity (Wildman–Crippen MR) is 156 cm³/mol. The second-order valence-electron chi connectivity index (χ2n) is 8.96. The fourth-order valence-corrected chi connectivity index (χ4v) is 6.08. The molecule has 5 aromatic rings. The highest BCUT2D eigenvalue weighted by molar-refractivity contribution is 7.87. The van der Waals surface area contributed by atoms with E-state index in [9.17, 15) is 21.6 Å². The van der Waals surface area contributed by atoms with Crippen molar-refractivity contribution in [1.29, 1.82) is 0 Å². The molecule has 2 N–H and O–H groups in total. The minimum Gasteiger partial charge on any atom is -0.379 e. The Hall–Kier alpha value is -4.87. The van der Waals surface area contributed by atoms with E-state index in [-0.39, 0.29) is 27.0 Å². The molecule has 0 fully saturated rings. The number of anilines is 2. The smallest absolute Gasteiger partial charge is 0.339 e. The minimum atomic E-state index is -4.13. The number of para-hydroxylation sites is 2. The number of carbonyl (C=O) groups excluding carboxylic acids is 1. The first kappa shape index (κ1) is 27.7. The maximum absolute atomic E-state index is 13.0. The first-order valence-electron chi connectivity index (χ1n) is 12.3. The minimum absolute atomic E-state index is 0.0212. The fourth-order valence-electron chi connectivity index (χ4n) is 3.98. The number of nitrogens with one attached hydrogen (secondary N) is 2. The van der Waals surface area contributed by atoms with Gasteiger partial charge >= 0.3 is 26.3 Å². The number of carbonyl (C=O) groups is 1. The van der Waals surface area contributed by atoms with Crippen LogP contribution in [0, 0.1) is 6.92 Å². The number of amides is 2. The molecule has 5 aromatic carbocycles. The molecule has 0 aliphatic carbocycles. The van der Waals surface area contributed by atoms with Gasteiger partial charge in [0.1, 0.15) is 15.5 Å². The molecule has 0 radical (unpaired) electrons. The monoisotopic (exact) mass is 588 g/mol. The largest absolute Gasteiger partial charge is 0.379 e. The Morgan fingerprint density at radius 1 is 0.634 bits per heavy atom. The number of rotatable bonds is 8. The number of fused-ring (bicyclic) bond motifs is 1. The first-order valence-corrected chi connectivity index (χ1v) is 15.1. The third-order valence-electron chi connectivity index (χ3n) is 5.98. The molecule has 208 valence electrons. The summed E-state index contributed by atoms with van der Waals surface area (Å²) >= 11 is 0. The van der Waals surface area contributed by atoms with Crippen LogP contribution in [-0.2, 0) is 20.2 Å². The molecule has 0 aliphatic heterocycles. The summed E-state index contributed by atoms with van der Waals surface area (Å²) in [5.74, 6) is -0.00503. The molecule has 0 unspecified atom stereocenters. The molecule has 11 heteroatoms. The van der Waals surface area contributed by atoms with Gasteiger partial charge in [-0.3, -0.25) is 0 Å². The van der Waals surface area contributed by atoms with Crippen molar-refractivity contribution >= 4 is 48.4 Å². The molecule has 5 rings (SSSR count). The second kappa shape index (κ2) is 11.3. The van der Waals surface area contributed by atoms with Gasteiger partial charge < -0.3 is 19.0 Å². The van der Waals surface area contributed by atoms with Crippen LogP contribution < -0.4 is 19.0 Å². The van der Waals surface area contributed by atoms with Crippen LogP contribution in [0.4, 0.5) is 16.2 Å². The van der Waals surface area contributed by atoms with Crippen LogP contribution in [0.3, 0.4) is 0 Å². The standard InChI is InChI=1S/C30H24N2O7S2/c1-21-13-19-25(20-14-21)40(34,35)39-28-11-5-4-10-27(28)32-30(33)31-23-15-17-24(18-16-23)38-41(36,37)29-12-6-8-22-7-2-3-9-26(22)29/h2-20H,1H3,(H2,31,32,33). The van der Waals surface area contributed by atoms with Gasteiger partial charge in [-0.15, -0.1) is 0 Å². The Morgan fingerprint density at radius 3 is 2.05 bits per heavy atom. The van der Waals surface area contributed by atoms with Crippen LogP contribution in [0.5, 0.6) is 11.5 Å². The summed E-state index contributed by atoms with van der Waals surface area (Å²) in [7, 11) is -8.26. The SMILES string of the molecule is Cc1ccc(S(=O)(=O)Oc2ccccc2NC(=O)Nc2ccc(OS(=O)(=O)c3cccc4ccccc34)cc2)cc1. The highest BCUT2D eigenvalue weighted by Crippen LogP contribution is 2.29. The van der Waals surface area contributed by atoms with Crippen molar-refractivity contribution in [3.63, 3.8) is 0 Å². The molecule has 2 amide bonds. The van der Waals surface area contributed by atoms with Crippen molar-refractivity contribution < 1.29 is 30.0 Å². The topological polar surface area (TPSA) is 128 Å². The number of hydrogen-bond acceptors (Lipinski definition) is 7. The predicted octanol–water partition coefficient (Wildman–Crippen LogP) is 6.33. The van der Waals surface area contributed by atoms with Crippen LogP contribution in [0.25, 0.3) is 10.8 Å². The molecule has 0 aliphatic rings. The van der Waals surface area contributed by atoms with Gasteiger partial charge in [0.2, 0.25) is 0 Å². The van der Waals surface area contributed by atoms with E-state index in [2.05, 4.69) is 10.6 Å². The average molecular weight is 589 g/mol. The molecular weight excluding hydrogens is 564 g/mol. The van der Waals surface area contributed by atoms with E-state index in [4.69, 9.17) is 8.37 Å². The summed E-state index contributed by atoms with van der Waals surface area (Å²) in [6.07, 6.45) is 0. The highest BCUT2D eigenvalue weighted by atomic mass is 32.2. The summed E-state index contributed by atoms with van der Waals surface area (Å²) in [4.78, 5) is 12.7. The van der Waals surface area contributed by atoms with Gasteiger partial charge in [-0.1, -0.05) is 66.2 Å². The normalized spacial score (nSPS) is 11.5. The summed E-state index contributed by atoms with van der Waals surface area (Å²) in [5, 5.41) is 6.48. The van der Waals surface area contributed by atoms with E-state index >= 15 is 0 Å². The maximum Gasteiger partial charge on any atom is 0.339 e. The molecule has 0 spiro atoms. The van der Waals surface area contributed by atoms with Crippen LogP contribution >= 0.6 is 0 Å². The van der Waals surface area contributed by atoms with E-state index in [0.717, 1.165) is 10.9 Å². The lowest BCUT2D eigenvalue weighted by atomic mass is 10.1. The van der Waals surface area contributed by atoms with Crippen molar-refractivity contribution in [2.24, 2.45) is 0 Å². The quantitative estimate of drug-likeness (QED) is 0.203. The van der Waals surface area contributed by atoms with Gasteiger partial charge in [0.05, 0.1) is 5.69 Å². The zero-order valence-electron chi connectivity index (χ0n) is 21.6. The van der Waals surface area contributed by atoms with Crippen molar-refractivity contribution in [3.05, 3.63) is 121 Å². The van der Waals surface area contributed by atoms with E-state index in [1.807, 2.05) is 25.1 Å². The molecule has 9 nitrogen and oxygen atoms in total. The Balaban J connectivity index is 1.25. The Kier molecular flexibility index (Phi) is 7.64. The fraction of sp³-hybridized carbons (Fsp3) is 0.0333. The van der Waals surface area contributed by atoms with Crippen LogP contribution in [0.1, 0.15) is 5.56 Å². The van der Waals surface area contributed by atoms with Crippen molar-refractivity contribution in [2.45, 2.75) is 16.7 Å². The van der Waals surface area contributed by atoms with Crippen molar-refractivity contribution in [3.8, 4) is 11.5 Å². The van der Waals surface area contributed by atoms with Gasteiger partial charge in [-0.05, 0) is 66.9 Å². The summed E-state index contributed by atoms with van der Waals surface area (Å²) in [6.45, 7) is 1.84. The number of hydrogen-bond donors (Lipinski definition) is 2. The molecular formula is C30H24N2O7S2. The molecule has 41 heavy (non-hydrogen) atoms. The van der Waals surface area contributed by atoms with Crippen LogP contribution in [0.2, 0.25) is 0 Å². The number of aryl methyl sites for hydroxylation is 1. The van der Waals surface area contributed by atoms with Crippen molar-refractivity contribution in [1.82, 2.24) is 0 Å². The molecule has 0 heterocycles. The average Bonchev–Trinajstić information content (AvgIpc) is 2.95. The van der Waals surface area contributed by atoms with Gasteiger partial charge in [0.25, 0.3) is 0 Å². The summed E-state index contributed by atoms with van der Waals surface area (Å²) in [6, 6.07) is 29.4. The van der Waals surface area contributed by atoms with Gasteiger partial charge in [-0.25, -0.2) is 4.79 Å². The second-order valence-corrected chi connectivity index (χ2v) is 12.0. The summed E-state index contributed by atoms with van der Waals surface area (Å²) in [5.41, 5.74) is 1.36.